The molecule has 0 N–H and O–H groups in total. The van der Waals surface area contributed by atoms with E-state index in [9.17, 15) is 4.79 Å². The van der Waals surface area contributed by atoms with Crippen LogP contribution < -0.4 is 0 Å². The van der Waals surface area contributed by atoms with Gasteiger partial charge in [0.1, 0.15) is 0 Å². The lowest BCUT2D eigenvalue weighted by atomic mass is 10.1. The third kappa shape index (κ3) is 1.51. The summed E-state index contributed by atoms with van der Waals surface area (Å²) in [5.74, 6) is 2.25. The summed E-state index contributed by atoms with van der Waals surface area (Å²) in [5.41, 5.74) is 0. The van der Waals surface area contributed by atoms with Crippen molar-refractivity contribution in [3.05, 3.63) is 20.3 Å². The van der Waals surface area contributed by atoms with Gasteiger partial charge in [0.25, 0.3) is 0 Å². The van der Waals surface area contributed by atoms with Gasteiger partial charge < -0.3 is 0 Å². The summed E-state index contributed by atoms with van der Waals surface area (Å²) < 4.78 is 1.08. The number of carbonyl (C=O) groups is 1. The van der Waals surface area contributed by atoms with Crippen LogP contribution in [0.3, 0.4) is 0 Å². The fourth-order valence-corrected chi connectivity index (χ4v) is 4.48. The number of fused-ring (bicyclic) bond motifs is 1. The van der Waals surface area contributed by atoms with Crippen molar-refractivity contribution in [2.45, 2.75) is 26.2 Å². The molecule has 0 saturated heterocycles. The van der Waals surface area contributed by atoms with E-state index in [0.29, 0.717) is 11.7 Å². The van der Waals surface area contributed by atoms with Gasteiger partial charge in [-0.2, -0.15) is 0 Å². The van der Waals surface area contributed by atoms with E-state index in [0.717, 1.165) is 21.2 Å². The molecule has 1 nitrogen and oxygen atoms in total. The monoisotopic (exact) mass is 284 g/mol. The second kappa shape index (κ2) is 3.42. The lowest BCUT2D eigenvalue weighted by molar-refractivity contribution is 0.0955. The van der Waals surface area contributed by atoms with Crippen molar-refractivity contribution in [3.8, 4) is 0 Å². The van der Waals surface area contributed by atoms with Crippen LogP contribution in [0.2, 0.25) is 0 Å². The topological polar surface area (TPSA) is 17.1 Å². The van der Waals surface area contributed by atoms with Crippen molar-refractivity contribution in [3.63, 3.8) is 0 Å². The maximum Gasteiger partial charge on any atom is 0.176 e. The van der Waals surface area contributed by atoms with Gasteiger partial charge in [0.2, 0.25) is 0 Å². The van der Waals surface area contributed by atoms with Gasteiger partial charge in [-0.05, 0) is 53.6 Å². The average molecular weight is 285 g/mol. The number of hydrogen-bond donors (Lipinski definition) is 0. The quantitative estimate of drug-likeness (QED) is 0.749. The van der Waals surface area contributed by atoms with Gasteiger partial charge in [-0.15, -0.1) is 11.3 Å². The van der Waals surface area contributed by atoms with Gasteiger partial charge in [0, 0.05) is 15.3 Å². The fraction of sp³-hybridized carbons (Fsp3) is 0.583. The Morgan fingerprint density at radius 3 is 2.67 bits per heavy atom. The predicted molar refractivity (Wildman–Crippen MR) is 65.4 cm³/mol. The van der Waals surface area contributed by atoms with E-state index in [4.69, 9.17) is 0 Å². The number of thiophene rings is 1. The molecule has 2 unspecified atom stereocenters. The van der Waals surface area contributed by atoms with Crippen molar-refractivity contribution in [2.24, 2.45) is 17.8 Å². The van der Waals surface area contributed by atoms with Crippen LogP contribution in [0.5, 0.6) is 0 Å². The number of aryl methyl sites for hydroxylation is 1. The maximum absolute atomic E-state index is 12.2. The van der Waals surface area contributed by atoms with Crippen molar-refractivity contribution in [1.29, 1.82) is 0 Å². The number of halogens is 1. The van der Waals surface area contributed by atoms with Crippen LogP contribution in [0.4, 0.5) is 0 Å². The Morgan fingerprint density at radius 2 is 2.13 bits per heavy atom. The van der Waals surface area contributed by atoms with Gasteiger partial charge >= 0.3 is 0 Å². The zero-order valence-electron chi connectivity index (χ0n) is 8.63. The first-order valence-electron chi connectivity index (χ1n) is 5.48. The Morgan fingerprint density at radius 1 is 1.47 bits per heavy atom. The Kier molecular flexibility index (Phi) is 2.29. The highest BCUT2D eigenvalue weighted by Crippen LogP contribution is 2.58. The predicted octanol–water partition coefficient (Wildman–Crippen LogP) is 4.05. The minimum Gasteiger partial charge on any atom is -0.293 e. The maximum atomic E-state index is 12.2. The van der Waals surface area contributed by atoms with Gasteiger partial charge in [-0.25, -0.2) is 0 Å². The van der Waals surface area contributed by atoms with Crippen molar-refractivity contribution < 1.29 is 4.79 Å². The highest BCUT2D eigenvalue weighted by Gasteiger charge is 2.56. The second-order valence-electron chi connectivity index (χ2n) is 4.66. The van der Waals surface area contributed by atoms with Crippen LogP contribution in [0.1, 0.15) is 33.8 Å². The molecule has 0 aromatic carbocycles. The molecule has 3 rings (SSSR count). The lowest BCUT2D eigenvalue weighted by Crippen LogP contribution is -2.03. The first kappa shape index (κ1) is 10.0. The van der Waals surface area contributed by atoms with E-state index in [-0.39, 0.29) is 0 Å². The zero-order valence-corrected chi connectivity index (χ0v) is 11.0. The average Bonchev–Trinajstić information content (AvgIpc) is 2.59. The third-order valence-corrected chi connectivity index (χ3v) is 5.96. The van der Waals surface area contributed by atoms with E-state index < -0.39 is 0 Å². The number of hydrogen-bond acceptors (Lipinski definition) is 2. The Balaban J connectivity index is 1.81. The molecule has 0 radical (unpaired) electrons. The number of Topliss-reactive ketones (excluding diaryl/α,β-unsaturated/α-hetero) is 1. The van der Waals surface area contributed by atoms with E-state index in [1.165, 1.54) is 24.1 Å². The Bertz CT molecular complexity index is 394. The molecule has 2 fully saturated rings. The van der Waals surface area contributed by atoms with Gasteiger partial charge in [0.05, 0.1) is 4.88 Å². The minimum absolute atomic E-state index is 0.378. The molecule has 15 heavy (non-hydrogen) atoms. The third-order valence-electron chi connectivity index (χ3n) is 3.81. The van der Waals surface area contributed by atoms with E-state index in [1.807, 2.05) is 6.07 Å². The summed E-state index contributed by atoms with van der Waals surface area (Å²) in [5, 5.41) is 0. The molecule has 1 aromatic heterocycles. The van der Waals surface area contributed by atoms with Crippen molar-refractivity contribution >= 4 is 33.0 Å². The molecular formula is C12H13BrOS. The molecule has 0 amide bonds. The van der Waals surface area contributed by atoms with Crippen molar-refractivity contribution in [1.82, 2.24) is 0 Å². The SMILES string of the molecule is Cc1sc(C(=O)C2C3CCCC32)cc1Br. The largest absolute Gasteiger partial charge is 0.293 e. The summed E-state index contributed by atoms with van der Waals surface area (Å²) in [6, 6.07) is 2.00. The zero-order chi connectivity index (χ0) is 10.6. The van der Waals surface area contributed by atoms with Crippen LogP contribution in [-0.4, -0.2) is 5.78 Å². The van der Waals surface area contributed by atoms with Gasteiger partial charge in [-0.3, -0.25) is 4.79 Å². The molecule has 0 bridgehead atoms. The molecule has 2 saturated carbocycles. The van der Waals surface area contributed by atoms with Gasteiger partial charge in [-0.1, -0.05) is 6.42 Å². The van der Waals surface area contributed by atoms with E-state index in [1.54, 1.807) is 11.3 Å². The summed E-state index contributed by atoms with van der Waals surface area (Å²) in [6.45, 7) is 2.05. The standard InChI is InChI=1S/C12H13BrOS/c1-6-9(13)5-10(15-6)12(14)11-7-3-2-4-8(7)11/h5,7-8,11H,2-4H2,1H3. The molecule has 2 atom stereocenters. The Hall–Kier alpha value is -0.150. The Labute approximate surface area is 102 Å². The van der Waals surface area contributed by atoms with Crippen LogP contribution in [0, 0.1) is 24.7 Å². The minimum atomic E-state index is 0.378. The highest BCUT2D eigenvalue weighted by molar-refractivity contribution is 9.10. The van der Waals surface area contributed by atoms with Crippen molar-refractivity contribution in [2.75, 3.05) is 0 Å². The second-order valence-corrected chi connectivity index (χ2v) is 6.77. The molecule has 2 aliphatic rings. The smallest absolute Gasteiger partial charge is 0.176 e. The molecule has 1 heterocycles. The summed E-state index contributed by atoms with van der Waals surface area (Å²) in [4.78, 5) is 14.3. The lowest BCUT2D eigenvalue weighted by Gasteiger charge is -1.99. The van der Waals surface area contributed by atoms with Crippen LogP contribution in [-0.2, 0) is 0 Å². The molecule has 0 spiro atoms. The number of carbonyl (C=O) groups excluding carboxylic acids is 1. The normalized spacial score (nSPS) is 32.8. The fourth-order valence-electron chi connectivity index (χ4n) is 2.96. The van der Waals surface area contributed by atoms with Crippen LogP contribution in [0.25, 0.3) is 0 Å². The molecule has 2 aliphatic carbocycles. The summed E-state index contributed by atoms with van der Waals surface area (Å²) >= 11 is 5.11. The first-order valence-corrected chi connectivity index (χ1v) is 7.09. The first-order chi connectivity index (χ1) is 7.18. The van der Waals surface area contributed by atoms with E-state index in [2.05, 4.69) is 22.9 Å². The molecule has 3 heteroatoms. The highest BCUT2D eigenvalue weighted by atomic mass is 79.9. The van der Waals surface area contributed by atoms with Crippen LogP contribution in [0.15, 0.2) is 10.5 Å². The van der Waals surface area contributed by atoms with Gasteiger partial charge in [0.15, 0.2) is 5.78 Å². The number of rotatable bonds is 2. The molecule has 0 aliphatic heterocycles. The van der Waals surface area contributed by atoms with E-state index >= 15 is 0 Å². The summed E-state index contributed by atoms with van der Waals surface area (Å²) in [7, 11) is 0. The molecular weight excluding hydrogens is 272 g/mol. The molecule has 1 aromatic rings. The summed E-state index contributed by atoms with van der Waals surface area (Å²) in [6.07, 6.45) is 3.91. The number of ketones is 1. The van der Waals surface area contributed by atoms with Crippen LogP contribution >= 0.6 is 27.3 Å². The molecule has 80 valence electrons.